The number of nitrogens with zero attached hydrogens (tertiary/aromatic N) is 1. The molecule has 2 N–H and O–H groups in total. The average Bonchev–Trinajstić information content (AvgIpc) is 2.63. The maximum absolute atomic E-state index is 11.2. The van der Waals surface area contributed by atoms with E-state index in [-0.39, 0.29) is 5.75 Å². The number of hydrogen-bond donors (Lipinski definition) is 2. The van der Waals surface area contributed by atoms with E-state index in [2.05, 4.69) is 11.6 Å². The van der Waals surface area contributed by atoms with Gasteiger partial charge >= 0.3 is 0 Å². The van der Waals surface area contributed by atoms with Crippen LogP contribution in [0.1, 0.15) is 31.1 Å². The lowest BCUT2D eigenvalue weighted by Crippen LogP contribution is -2.57. The van der Waals surface area contributed by atoms with Crippen molar-refractivity contribution in [2.75, 3.05) is 14.2 Å². The maximum atomic E-state index is 11.2. The summed E-state index contributed by atoms with van der Waals surface area (Å²) < 4.78 is 11.6. The molecule has 0 saturated carbocycles. The molecule has 0 spiro atoms. The highest BCUT2D eigenvalue weighted by Crippen LogP contribution is 2.48. The zero-order valence-electron chi connectivity index (χ0n) is 15.1. The molecule has 0 aliphatic carbocycles. The fraction of sp³-hybridized carbons (Fsp3) is 0.350. The molecule has 5 nitrogen and oxygen atoms in total. The molecule has 0 aliphatic rings. The van der Waals surface area contributed by atoms with Gasteiger partial charge in [0.2, 0.25) is 0 Å². The second-order valence-electron chi connectivity index (χ2n) is 6.37. The molecule has 25 heavy (non-hydrogen) atoms. The van der Waals surface area contributed by atoms with Crippen LogP contribution < -0.4 is 0 Å². The van der Waals surface area contributed by atoms with Crippen molar-refractivity contribution in [3.8, 4) is 5.75 Å². The number of rotatable bonds is 7. The SMILES string of the molecule is C=C(c1ccc(O)cc1)C(OC)(C(O)c1cccnc1)C(C)(C)OC. The summed E-state index contributed by atoms with van der Waals surface area (Å²) in [7, 11) is 3.08. The molecule has 0 fully saturated rings. The van der Waals surface area contributed by atoms with Gasteiger partial charge in [-0.2, -0.15) is 0 Å². The van der Waals surface area contributed by atoms with E-state index >= 15 is 0 Å². The number of ether oxygens (including phenoxy) is 2. The molecule has 2 rings (SSSR count). The van der Waals surface area contributed by atoms with Gasteiger partial charge in [0, 0.05) is 32.2 Å². The lowest BCUT2D eigenvalue weighted by Gasteiger charge is -2.48. The van der Waals surface area contributed by atoms with Crippen LogP contribution in [0.4, 0.5) is 0 Å². The fourth-order valence-corrected chi connectivity index (χ4v) is 3.14. The second kappa shape index (κ2) is 7.35. The number of phenols is 1. The summed E-state index contributed by atoms with van der Waals surface area (Å²) in [5, 5.41) is 20.8. The van der Waals surface area contributed by atoms with Crippen molar-refractivity contribution >= 4 is 5.57 Å². The van der Waals surface area contributed by atoms with Crippen molar-refractivity contribution in [3.63, 3.8) is 0 Å². The normalized spacial score (nSPS) is 15.4. The number of aliphatic hydroxyl groups is 1. The van der Waals surface area contributed by atoms with E-state index in [4.69, 9.17) is 9.47 Å². The molecule has 0 saturated heterocycles. The highest BCUT2D eigenvalue weighted by atomic mass is 16.6. The van der Waals surface area contributed by atoms with Crippen molar-refractivity contribution in [2.24, 2.45) is 0 Å². The van der Waals surface area contributed by atoms with E-state index in [0.717, 1.165) is 5.56 Å². The molecular formula is C20H25NO4. The third-order valence-corrected chi connectivity index (χ3v) is 4.78. The van der Waals surface area contributed by atoms with Gasteiger partial charge in [0.15, 0.2) is 5.60 Å². The third-order valence-electron chi connectivity index (χ3n) is 4.78. The van der Waals surface area contributed by atoms with Crippen LogP contribution in [0.25, 0.3) is 5.57 Å². The Balaban J connectivity index is 2.63. The molecule has 2 unspecified atom stereocenters. The van der Waals surface area contributed by atoms with E-state index in [0.29, 0.717) is 11.1 Å². The van der Waals surface area contributed by atoms with Gasteiger partial charge in [-0.1, -0.05) is 24.8 Å². The van der Waals surface area contributed by atoms with Gasteiger partial charge < -0.3 is 19.7 Å². The van der Waals surface area contributed by atoms with Gasteiger partial charge in [-0.15, -0.1) is 0 Å². The number of aromatic hydroxyl groups is 1. The first-order valence-electron chi connectivity index (χ1n) is 7.97. The first-order chi connectivity index (χ1) is 11.8. The number of aliphatic hydroxyl groups excluding tert-OH is 1. The number of methoxy groups -OCH3 is 2. The number of benzene rings is 1. The molecular weight excluding hydrogens is 318 g/mol. The van der Waals surface area contributed by atoms with Crippen molar-refractivity contribution in [1.29, 1.82) is 0 Å². The zero-order valence-corrected chi connectivity index (χ0v) is 15.1. The highest BCUT2D eigenvalue weighted by Gasteiger charge is 2.54. The highest BCUT2D eigenvalue weighted by molar-refractivity contribution is 5.73. The summed E-state index contributed by atoms with van der Waals surface area (Å²) in [6.07, 6.45) is 2.16. The summed E-state index contributed by atoms with van der Waals surface area (Å²) in [5.74, 6) is 0.151. The van der Waals surface area contributed by atoms with Crippen molar-refractivity contribution < 1.29 is 19.7 Å². The quantitative estimate of drug-likeness (QED) is 0.807. The van der Waals surface area contributed by atoms with E-state index in [1.54, 1.807) is 55.9 Å². The van der Waals surface area contributed by atoms with Crippen LogP contribution >= 0.6 is 0 Å². The first kappa shape index (κ1) is 19.1. The third kappa shape index (κ3) is 3.31. The van der Waals surface area contributed by atoms with Gasteiger partial charge in [-0.05, 0) is 43.2 Å². The smallest absolute Gasteiger partial charge is 0.151 e. The molecule has 0 amide bonds. The molecule has 2 aromatic rings. The lowest BCUT2D eigenvalue weighted by molar-refractivity contribution is -0.183. The molecule has 5 heteroatoms. The Labute approximate surface area is 148 Å². The molecule has 134 valence electrons. The van der Waals surface area contributed by atoms with Gasteiger partial charge in [-0.25, -0.2) is 0 Å². The maximum Gasteiger partial charge on any atom is 0.151 e. The zero-order chi connectivity index (χ0) is 18.7. The van der Waals surface area contributed by atoms with Crippen LogP contribution in [0.2, 0.25) is 0 Å². The largest absolute Gasteiger partial charge is 0.508 e. The lowest BCUT2D eigenvalue weighted by atomic mass is 9.71. The Morgan fingerprint density at radius 1 is 1.12 bits per heavy atom. The van der Waals surface area contributed by atoms with Gasteiger partial charge in [0.05, 0.1) is 5.60 Å². The second-order valence-corrected chi connectivity index (χ2v) is 6.37. The first-order valence-corrected chi connectivity index (χ1v) is 7.97. The summed E-state index contributed by atoms with van der Waals surface area (Å²) in [6, 6.07) is 10.1. The Bertz CT molecular complexity index is 712. The summed E-state index contributed by atoms with van der Waals surface area (Å²) in [5.41, 5.74) is -0.325. The van der Waals surface area contributed by atoms with Crippen LogP contribution in [0.3, 0.4) is 0 Å². The van der Waals surface area contributed by atoms with Crippen LogP contribution in [-0.4, -0.2) is 40.6 Å². The number of phenolic OH excluding ortho intramolecular Hbond substituents is 1. The van der Waals surface area contributed by atoms with Gasteiger partial charge in [0.1, 0.15) is 11.9 Å². The minimum Gasteiger partial charge on any atom is -0.508 e. The van der Waals surface area contributed by atoms with E-state index in [1.165, 1.54) is 7.11 Å². The van der Waals surface area contributed by atoms with Crippen molar-refractivity contribution in [3.05, 3.63) is 66.5 Å². The summed E-state index contributed by atoms with van der Waals surface area (Å²) in [6.45, 7) is 7.86. The molecule has 0 radical (unpaired) electrons. The molecule has 0 bridgehead atoms. The summed E-state index contributed by atoms with van der Waals surface area (Å²) >= 11 is 0. The van der Waals surface area contributed by atoms with Crippen LogP contribution in [0.15, 0.2) is 55.4 Å². The minimum absolute atomic E-state index is 0.151. The van der Waals surface area contributed by atoms with Crippen LogP contribution in [0, 0.1) is 0 Å². The minimum atomic E-state index is -1.28. The molecule has 2 atom stereocenters. The Morgan fingerprint density at radius 3 is 2.24 bits per heavy atom. The predicted octanol–water partition coefficient (Wildman–Crippen LogP) is 3.34. The Kier molecular flexibility index (Phi) is 5.62. The average molecular weight is 343 g/mol. The number of pyridine rings is 1. The van der Waals surface area contributed by atoms with E-state index in [9.17, 15) is 10.2 Å². The van der Waals surface area contributed by atoms with E-state index < -0.39 is 17.3 Å². The van der Waals surface area contributed by atoms with Crippen molar-refractivity contribution in [2.45, 2.75) is 31.2 Å². The van der Waals surface area contributed by atoms with Gasteiger partial charge in [-0.3, -0.25) is 4.98 Å². The topological polar surface area (TPSA) is 71.8 Å². The molecule has 1 aromatic heterocycles. The van der Waals surface area contributed by atoms with Crippen LogP contribution in [0.5, 0.6) is 5.75 Å². The van der Waals surface area contributed by atoms with Crippen LogP contribution in [-0.2, 0) is 9.47 Å². The monoisotopic (exact) mass is 343 g/mol. The van der Waals surface area contributed by atoms with Crippen molar-refractivity contribution in [1.82, 2.24) is 4.98 Å². The predicted molar refractivity (Wildman–Crippen MR) is 97.2 cm³/mol. The number of hydrogen-bond acceptors (Lipinski definition) is 5. The Morgan fingerprint density at radius 2 is 1.76 bits per heavy atom. The molecule has 0 aliphatic heterocycles. The summed E-state index contributed by atoms with van der Waals surface area (Å²) in [4.78, 5) is 4.09. The number of aromatic nitrogens is 1. The molecule has 1 aromatic carbocycles. The Hall–Kier alpha value is -2.21. The molecule has 1 heterocycles. The fourth-order valence-electron chi connectivity index (χ4n) is 3.14. The van der Waals surface area contributed by atoms with Gasteiger partial charge in [0.25, 0.3) is 0 Å². The van der Waals surface area contributed by atoms with E-state index in [1.807, 2.05) is 13.8 Å². The standard InChI is InChI=1S/C20H25NO4/c1-14(15-8-10-17(22)11-9-15)20(25-5,19(2,3)24-4)18(23)16-7-6-12-21-13-16/h6-13,18,22-23H,1H2,2-5H3.